The monoisotopic (exact) mass is 396 g/mol. The third kappa shape index (κ3) is 3.42. The number of aromatic nitrogens is 1. The number of benzene rings is 2. The Bertz CT molecular complexity index is 1210. The SMILES string of the molecule is CCc1cc2ccc(C(C)(C#N)Cc3ccc4c(c3)OC(F)(F)O4)cc2[nH]c1=O. The number of hydrogen-bond acceptors (Lipinski definition) is 4. The zero-order valence-electron chi connectivity index (χ0n) is 15.9. The van der Waals surface area contributed by atoms with E-state index in [4.69, 9.17) is 0 Å². The maximum atomic E-state index is 13.2. The molecule has 29 heavy (non-hydrogen) atoms. The fraction of sp³-hybridized carbons (Fsp3) is 0.273. The van der Waals surface area contributed by atoms with Gasteiger partial charge in [0.1, 0.15) is 0 Å². The number of H-pyrrole nitrogens is 1. The number of aromatic amines is 1. The van der Waals surface area contributed by atoms with Crippen LogP contribution in [0.4, 0.5) is 8.78 Å². The summed E-state index contributed by atoms with van der Waals surface area (Å²) in [5.41, 5.74) is 1.64. The number of nitrogens with zero attached hydrogens (tertiary/aromatic N) is 1. The van der Waals surface area contributed by atoms with E-state index in [2.05, 4.69) is 20.5 Å². The third-order valence-electron chi connectivity index (χ3n) is 5.21. The minimum absolute atomic E-state index is 0.0348. The van der Waals surface area contributed by atoms with Gasteiger partial charge >= 0.3 is 6.29 Å². The molecule has 1 aliphatic rings. The lowest BCUT2D eigenvalue weighted by Crippen LogP contribution is -2.26. The summed E-state index contributed by atoms with van der Waals surface area (Å²) in [4.78, 5) is 15.0. The third-order valence-corrected chi connectivity index (χ3v) is 5.21. The van der Waals surface area contributed by atoms with Gasteiger partial charge in [0, 0.05) is 11.1 Å². The molecule has 0 fully saturated rings. The quantitative estimate of drug-likeness (QED) is 0.708. The van der Waals surface area contributed by atoms with Crippen molar-refractivity contribution in [3.8, 4) is 17.6 Å². The Morgan fingerprint density at radius 1 is 1.14 bits per heavy atom. The molecular formula is C22H18F2N2O3. The van der Waals surface area contributed by atoms with Crippen molar-refractivity contribution < 1.29 is 18.3 Å². The maximum Gasteiger partial charge on any atom is 0.586 e. The molecule has 1 aromatic heterocycles. The van der Waals surface area contributed by atoms with E-state index in [9.17, 15) is 18.8 Å². The van der Waals surface area contributed by atoms with Crippen LogP contribution in [-0.2, 0) is 18.3 Å². The Morgan fingerprint density at radius 3 is 2.62 bits per heavy atom. The van der Waals surface area contributed by atoms with Crippen molar-refractivity contribution in [2.24, 2.45) is 0 Å². The Balaban J connectivity index is 1.69. The average molecular weight is 396 g/mol. The molecule has 0 saturated heterocycles. The summed E-state index contributed by atoms with van der Waals surface area (Å²) in [6.07, 6.45) is -2.78. The summed E-state index contributed by atoms with van der Waals surface area (Å²) < 4.78 is 35.4. The van der Waals surface area contributed by atoms with Crippen molar-refractivity contribution in [2.45, 2.75) is 38.4 Å². The second kappa shape index (κ2) is 6.59. The van der Waals surface area contributed by atoms with E-state index < -0.39 is 11.7 Å². The van der Waals surface area contributed by atoms with E-state index in [-0.39, 0.29) is 23.5 Å². The molecule has 0 bridgehead atoms. The molecule has 2 aromatic carbocycles. The first-order valence-corrected chi connectivity index (χ1v) is 9.19. The highest BCUT2D eigenvalue weighted by atomic mass is 19.3. The Labute approximate surface area is 165 Å². The number of nitriles is 1. The summed E-state index contributed by atoms with van der Waals surface area (Å²) in [5.74, 6) is -0.0878. The van der Waals surface area contributed by atoms with Crippen molar-refractivity contribution in [3.63, 3.8) is 0 Å². The standard InChI is InChI=1S/C22H18F2N2O3/c1-3-14-9-15-5-6-16(10-17(15)26-20(14)27)21(2,12-25)11-13-4-7-18-19(8-13)29-22(23,24)28-18/h4-10H,3,11H2,1-2H3,(H,26,27). The lowest BCUT2D eigenvalue weighted by Gasteiger charge is -2.23. The van der Waals surface area contributed by atoms with Gasteiger partial charge in [-0.15, -0.1) is 8.78 Å². The molecule has 0 amide bonds. The first kappa shape index (κ1) is 18.9. The van der Waals surface area contributed by atoms with Gasteiger partial charge in [-0.05, 0) is 60.5 Å². The zero-order chi connectivity index (χ0) is 20.8. The lowest BCUT2D eigenvalue weighted by atomic mass is 9.78. The fourth-order valence-corrected chi connectivity index (χ4v) is 3.57. The number of nitrogens with one attached hydrogen (secondary N) is 1. The van der Waals surface area contributed by atoms with Crippen LogP contribution in [0.15, 0.2) is 47.3 Å². The molecule has 1 unspecified atom stereocenters. The van der Waals surface area contributed by atoms with Gasteiger partial charge in [-0.2, -0.15) is 5.26 Å². The van der Waals surface area contributed by atoms with Gasteiger partial charge in [0.25, 0.3) is 5.56 Å². The van der Waals surface area contributed by atoms with Crippen molar-refractivity contribution >= 4 is 10.9 Å². The van der Waals surface area contributed by atoms with E-state index in [1.807, 2.05) is 25.1 Å². The summed E-state index contributed by atoms with van der Waals surface area (Å²) in [6.45, 7) is 3.69. The number of rotatable bonds is 4. The average Bonchev–Trinajstić information content (AvgIpc) is 2.99. The van der Waals surface area contributed by atoms with Gasteiger partial charge in [0.05, 0.1) is 11.5 Å². The second-order valence-electron chi connectivity index (χ2n) is 7.35. The molecule has 0 spiro atoms. The lowest BCUT2D eigenvalue weighted by molar-refractivity contribution is -0.286. The molecule has 0 aliphatic carbocycles. The van der Waals surface area contributed by atoms with Gasteiger partial charge in [-0.1, -0.05) is 25.1 Å². The molecule has 4 rings (SSSR count). The molecule has 0 radical (unpaired) electrons. The first-order chi connectivity index (χ1) is 13.7. The van der Waals surface area contributed by atoms with Gasteiger partial charge in [0.15, 0.2) is 11.5 Å². The number of fused-ring (bicyclic) bond motifs is 2. The minimum atomic E-state index is -3.68. The van der Waals surface area contributed by atoms with E-state index in [0.29, 0.717) is 23.1 Å². The number of pyridine rings is 1. The molecule has 7 heteroatoms. The van der Waals surface area contributed by atoms with E-state index in [1.165, 1.54) is 12.1 Å². The van der Waals surface area contributed by atoms with E-state index in [0.717, 1.165) is 10.9 Å². The normalized spacial score (nSPS) is 16.4. The van der Waals surface area contributed by atoms with E-state index >= 15 is 0 Å². The number of halogens is 2. The summed E-state index contributed by atoms with van der Waals surface area (Å²) >= 11 is 0. The van der Waals surface area contributed by atoms with Gasteiger partial charge in [-0.3, -0.25) is 4.79 Å². The predicted octanol–water partition coefficient (Wildman–Crippen LogP) is 4.44. The molecule has 0 saturated carbocycles. The highest BCUT2D eigenvalue weighted by Gasteiger charge is 2.43. The summed E-state index contributed by atoms with van der Waals surface area (Å²) in [6, 6.07) is 14.2. The minimum Gasteiger partial charge on any atom is -0.395 e. The Morgan fingerprint density at radius 2 is 1.90 bits per heavy atom. The smallest absolute Gasteiger partial charge is 0.395 e. The van der Waals surface area contributed by atoms with Gasteiger partial charge in [0.2, 0.25) is 0 Å². The van der Waals surface area contributed by atoms with Crippen molar-refractivity contribution in [1.29, 1.82) is 5.26 Å². The molecule has 3 aromatic rings. The Kier molecular flexibility index (Phi) is 4.30. The molecule has 1 N–H and O–H groups in total. The van der Waals surface area contributed by atoms with Gasteiger partial charge < -0.3 is 14.5 Å². The predicted molar refractivity (Wildman–Crippen MR) is 103 cm³/mol. The largest absolute Gasteiger partial charge is 0.586 e. The molecule has 5 nitrogen and oxygen atoms in total. The molecule has 1 aliphatic heterocycles. The highest BCUT2D eigenvalue weighted by Crippen LogP contribution is 2.42. The van der Waals surface area contributed by atoms with Crippen molar-refractivity contribution in [2.75, 3.05) is 0 Å². The number of alkyl halides is 2. The van der Waals surface area contributed by atoms with Crippen LogP contribution >= 0.6 is 0 Å². The Hall–Kier alpha value is -3.40. The van der Waals surface area contributed by atoms with Crippen LogP contribution < -0.4 is 15.0 Å². The number of ether oxygens (including phenoxy) is 2. The number of hydrogen-bond donors (Lipinski definition) is 1. The van der Waals surface area contributed by atoms with Crippen LogP contribution in [0.3, 0.4) is 0 Å². The van der Waals surface area contributed by atoms with Crippen LogP contribution in [0.25, 0.3) is 10.9 Å². The van der Waals surface area contributed by atoms with Gasteiger partial charge in [-0.25, -0.2) is 0 Å². The van der Waals surface area contributed by atoms with Crippen LogP contribution in [-0.4, -0.2) is 11.3 Å². The highest BCUT2D eigenvalue weighted by molar-refractivity contribution is 5.80. The molecule has 1 atom stereocenters. The van der Waals surface area contributed by atoms with Crippen LogP contribution in [0.2, 0.25) is 0 Å². The fourth-order valence-electron chi connectivity index (χ4n) is 3.57. The molecular weight excluding hydrogens is 378 g/mol. The van der Waals surface area contributed by atoms with Crippen LogP contribution in [0.1, 0.15) is 30.5 Å². The second-order valence-corrected chi connectivity index (χ2v) is 7.35. The van der Waals surface area contributed by atoms with Crippen LogP contribution in [0, 0.1) is 11.3 Å². The summed E-state index contributed by atoms with van der Waals surface area (Å²) in [5, 5.41) is 10.8. The molecule has 2 heterocycles. The summed E-state index contributed by atoms with van der Waals surface area (Å²) in [7, 11) is 0. The van der Waals surface area contributed by atoms with Crippen molar-refractivity contribution in [3.05, 3.63) is 69.5 Å². The van der Waals surface area contributed by atoms with Crippen molar-refractivity contribution in [1.82, 2.24) is 4.98 Å². The first-order valence-electron chi connectivity index (χ1n) is 9.19. The zero-order valence-corrected chi connectivity index (χ0v) is 15.9. The van der Waals surface area contributed by atoms with E-state index in [1.54, 1.807) is 19.1 Å². The number of aryl methyl sites for hydroxylation is 1. The maximum absolute atomic E-state index is 13.2. The van der Waals surface area contributed by atoms with Crippen LogP contribution in [0.5, 0.6) is 11.5 Å². The topological polar surface area (TPSA) is 75.1 Å². The molecule has 148 valence electrons.